The Bertz CT molecular complexity index is 8360. The van der Waals surface area contributed by atoms with Crippen LogP contribution >= 0.6 is 11.6 Å². The van der Waals surface area contributed by atoms with E-state index in [2.05, 4.69) is 101 Å². The third-order valence-electron chi connectivity index (χ3n) is 21.9. The highest BCUT2D eigenvalue weighted by molar-refractivity contribution is 6.31. The second kappa shape index (κ2) is 40.9. The number of ether oxygens (including phenoxy) is 2. The minimum Gasteiger partial charge on any atom is -0.487 e. The maximum atomic E-state index is 14.6. The Morgan fingerprint density at radius 3 is 1.44 bits per heavy atom. The molecule has 0 fully saturated rings. The number of nitrogens with one attached hydrogen (secondary N) is 3. The van der Waals surface area contributed by atoms with Crippen molar-refractivity contribution in [1.82, 2.24) is 94.1 Å². The first-order valence-electron chi connectivity index (χ1n) is 42.9. The number of nitrogens with zero attached hydrogens (tertiary/aromatic N) is 20. The summed E-state index contributed by atoms with van der Waals surface area (Å²) in [7, 11) is 1.55. The standard InChI is InChI=1S/C23H18F4N4O2.C22H12F4N4.C21H12ClFN4O.C19H12F4N6.C17H14N6/c1-32-9-10-33-21-13-28-8-6-18(21)30-19-12-20(31-22-15(19)3-2-7-29-22)16-11-14(23(25,26)27)4-5-17(16)24;23-17-4-3-14(22(24,25)26)10-16(17)18-11-20(15-2-1-7-28-21(15)29-18)30-9-6-13-12-27-8-5-19(13)30;22-13-3-4-16(23)15(9-13)17-10-19(14-2-1-6-25-21(14)26-17)27-18-5-7-24-11-12(18)8-20(27)28;20-13-4-3-10(19(21,22)23)6-12(13)15-7-14(11-2-1-5-25-18(11)29-15)28-17-8-16(24)26-9-27-17;1-12-6-10-23(22-12)16-11-15(20-13-4-8-18-9-5-13)14-3-2-7-19-17(14)21-16/h2-8,11-13H,9-10H2,1H3,(H,28,29,30,31);1-12H;1-7,9-11H,8H2;1-9H,(H3,24,25,26,27,28,29);2-11H,1H3,(H,18,19,20,21). The Morgan fingerprint density at radius 2 is 0.895 bits per heavy atom. The molecule has 0 bridgehead atoms. The molecule has 5 N–H and O–H groups in total. The molecule has 1 amide bonds. The highest BCUT2D eigenvalue weighted by atomic mass is 35.5. The highest BCUT2D eigenvalue weighted by Gasteiger charge is 2.36. The van der Waals surface area contributed by atoms with Gasteiger partial charge in [-0.1, -0.05) is 11.6 Å². The Hall–Kier alpha value is -18.1. The fraction of sp³-hybridized carbons (Fsp3) is 0.0784. The van der Waals surface area contributed by atoms with E-state index in [0.29, 0.717) is 114 Å². The number of benzene rings is 4. The minimum absolute atomic E-state index is 0.00297. The van der Waals surface area contributed by atoms with Crippen molar-refractivity contribution in [2.75, 3.05) is 46.9 Å². The van der Waals surface area contributed by atoms with Crippen molar-refractivity contribution in [3.63, 3.8) is 0 Å². The summed E-state index contributed by atoms with van der Waals surface area (Å²) in [4.78, 5) is 81.8. The third kappa shape index (κ3) is 21.5. The Balaban J connectivity index is 0.000000118. The second-order valence-corrected chi connectivity index (χ2v) is 31.8. The van der Waals surface area contributed by atoms with Gasteiger partial charge >= 0.3 is 18.5 Å². The fourth-order valence-corrected chi connectivity index (χ4v) is 15.5. The summed E-state index contributed by atoms with van der Waals surface area (Å²) < 4.78 is 191. The molecule has 41 heteroatoms. The molecular formula is C102H68ClF13N24O3. The van der Waals surface area contributed by atoms with Gasteiger partial charge in [-0.25, -0.2) is 82.1 Å². The summed E-state index contributed by atoms with van der Waals surface area (Å²) in [6.45, 7) is 2.61. The van der Waals surface area contributed by atoms with E-state index in [9.17, 15) is 61.9 Å². The number of methoxy groups -OCH3 is 1. The number of rotatable bonds is 17. The van der Waals surface area contributed by atoms with Crippen LogP contribution in [0.3, 0.4) is 0 Å². The molecule has 0 spiro atoms. The van der Waals surface area contributed by atoms with Crippen molar-refractivity contribution in [2.45, 2.75) is 31.9 Å². The number of hydrogen-bond donors (Lipinski definition) is 4. The van der Waals surface area contributed by atoms with E-state index >= 15 is 0 Å². The van der Waals surface area contributed by atoms with E-state index in [0.717, 1.165) is 86.8 Å². The molecule has 0 radical (unpaired) electrons. The summed E-state index contributed by atoms with van der Waals surface area (Å²) in [5, 5.41) is 18.8. The molecule has 21 aromatic rings. The summed E-state index contributed by atoms with van der Waals surface area (Å²) in [6, 6.07) is 51.4. The lowest BCUT2D eigenvalue weighted by Gasteiger charge is -2.20. The van der Waals surface area contributed by atoms with Crippen molar-refractivity contribution >= 4 is 135 Å². The molecular weight excluding hydrogens is 1890 g/mol. The van der Waals surface area contributed by atoms with Crippen LogP contribution in [0.5, 0.6) is 5.75 Å². The normalized spacial score (nSPS) is 11.9. The van der Waals surface area contributed by atoms with Crippen molar-refractivity contribution in [3.05, 3.63) is 368 Å². The first-order chi connectivity index (χ1) is 69.0. The molecule has 1 aliphatic rings. The van der Waals surface area contributed by atoms with E-state index < -0.39 is 58.5 Å². The quantitative estimate of drug-likeness (QED) is 0.0486. The molecule has 4 aromatic carbocycles. The number of halogens is 14. The van der Waals surface area contributed by atoms with Crippen LogP contribution in [0, 0.1) is 30.2 Å². The smallest absolute Gasteiger partial charge is 0.416 e. The lowest BCUT2D eigenvalue weighted by atomic mass is 10.0. The average molecular weight is 1960 g/mol. The van der Waals surface area contributed by atoms with E-state index in [1.54, 1.807) is 133 Å². The number of alkyl halides is 9. The zero-order valence-corrected chi connectivity index (χ0v) is 74.9. The molecule has 0 unspecified atom stereocenters. The molecule has 143 heavy (non-hydrogen) atoms. The molecule has 0 aliphatic carbocycles. The second-order valence-electron chi connectivity index (χ2n) is 31.3. The fourth-order valence-electron chi connectivity index (χ4n) is 15.3. The van der Waals surface area contributed by atoms with Gasteiger partial charge in [0.1, 0.15) is 47.8 Å². The molecule has 0 atom stereocenters. The summed E-state index contributed by atoms with van der Waals surface area (Å²) in [5.74, 6) is -1.25. The topological polar surface area (TPSA) is 330 Å². The van der Waals surface area contributed by atoms with Crippen LogP contribution in [-0.4, -0.2) is 120 Å². The Morgan fingerprint density at radius 1 is 0.420 bits per heavy atom. The van der Waals surface area contributed by atoms with Gasteiger partial charge in [0, 0.05) is 177 Å². The van der Waals surface area contributed by atoms with Crippen molar-refractivity contribution in [2.24, 2.45) is 0 Å². The first-order valence-corrected chi connectivity index (χ1v) is 43.3. The SMILES string of the molecule is COCCOc1cnccc1Nc1cc(-c2cc(C(F)(F)F)ccc2F)nc2ncccc12.Cc1ccn(-c2cc(Nc3ccncc3)c3cccnc3n2)n1.Fc1ccc(C(F)(F)F)cc1-c1cc(-n2ccc3cnccc32)c2cccnc2n1.Nc1cc(Nc2cc(-c3cc(C(F)(F)F)ccc3F)nc3ncccc23)ncn1.O=C1Cc2cnccc2N1c1cc(-c2cc(Cl)ccc2F)nc2ncccc12. The zero-order valence-electron chi connectivity index (χ0n) is 74.1. The number of anilines is 9. The lowest BCUT2D eigenvalue weighted by Crippen LogP contribution is -2.21. The van der Waals surface area contributed by atoms with Crippen molar-refractivity contribution in [3.8, 4) is 62.3 Å². The van der Waals surface area contributed by atoms with Gasteiger partial charge in [-0.3, -0.25) is 29.6 Å². The van der Waals surface area contributed by atoms with E-state index in [-0.39, 0.29) is 75.4 Å². The largest absolute Gasteiger partial charge is 0.487 e. The highest BCUT2D eigenvalue weighted by Crippen LogP contribution is 2.45. The van der Waals surface area contributed by atoms with Crippen LogP contribution < -0.4 is 31.3 Å². The molecule has 1 aliphatic heterocycles. The van der Waals surface area contributed by atoms with Crippen LogP contribution in [0.1, 0.15) is 27.9 Å². The van der Waals surface area contributed by atoms with Gasteiger partial charge in [0.2, 0.25) is 5.91 Å². The minimum atomic E-state index is -4.62. The molecule has 712 valence electrons. The number of carbonyl (C=O) groups excluding carboxylic acids is 1. The molecule has 17 aromatic heterocycles. The number of nitrogen functional groups attached to an aromatic ring is 1. The molecule has 0 saturated heterocycles. The van der Waals surface area contributed by atoms with E-state index in [1.165, 1.54) is 67.5 Å². The summed E-state index contributed by atoms with van der Waals surface area (Å²) >= 11 is 6.06. The maximum absolute atomic E-state index is 14.6. The van der Waals surface area contributed by atoms with Gasteiger partial charge in [-0.15, -0.1) is 0 Å². The van der Waals surface area contributed by atoms with Crippen molar-refractivity contribution in [1.29, 1.82) is 0 Å². The number of fused-ring (bicyclic) bond motifs is 7. The van der Waals surface area contributed by atoms with Crippen LogP contribution in [-0.2, 0) is 34.5 Å². The van der Waals surface area contributed by atoms with E-state index in [4.69, 9.17) is 26.8 Å². The zero-order chi connectivity index (χ0) is 99.8. The number of aromatic nitrogens is 19. The monoisotopic (exact) mass is 1960 g/mol. The molecule has 0 saturated carbocycles. The molecule has 22 rings (SSSR count). The number of hydrogen-bond acceptors (Lipinski definition) is 24. The van der Waals surface area contributed by atoms with Gasteiger partial charge < -0.3 is 35.7 Å². The van der Waals surface area contributed by atoms with Crippen molar-refractivity contribution < 1.29 is 71.3 Å². The lowest BCUT2D eigenvalue weighted by molar-refractivity contribution is -0.138. The van der Waals surface area contributed by atoms with Crippen LogP contribution in [0.2, 0.25) is 5.02 Å². The molecule has 18 heterocycles. The van der Waals surface area contributed by atoms with Gasteiger partial charge in [0.25, 0.3) is 0 Å². The van der Waals surface area contributed by atoms with Gasteiger partial charge in [-0.05, 0) is 207 Å². The van der Waals surface area contributed by atoms with Crippen LogP contribution in [0.15, 0.2) is 312 Å². The number of carbonyl (C=O) groups is 1. The first kappa shape index (κ1) is 95.2. The van der Waals surface area contributed by atoms with Gasteiger partial charge in [0.05, 0.1) is 110 Å². The number of aryl methyl sites for hydroxylation is 1. The van der Waals surface area contributed by atoms with Crippen LogP contribution in [0.4, 0.5) is 109 Å². The van der Waals surface area contributed by atoms with Gasteiger partial charge in [-0.2, -0.15) is 44.6 Å². The predicted molar refractivity (Wildman–Crippen MR) is 513 cm³/mol. The van der Waals surface area contributed by atoms with Gasteiger partial charge in [0.15, 0.2) is 39.8 Å². The summed E-state index contributed by atoms with van der Waals surface area (Å²) in [5.41, 5.74) is 12.4. The number of nitrogens with two attached hydrogens (primary N) is 1. The number of amides is 1. The summed E-state index contributed by atoms with van der Waals surface area (Å²) in [6.07, 6.45) is 12.5. The predicted octanol–water partition coefficient (Wildman–Crippen LogP) is 24.0. The Labute approximate surface area is 805 Å². The van der Waals surface area contributed by atoms with Crippen LogP contribution in [0.25, 0.3) is 123 Å². The maximum Gasteiger partial charge on any atom is 0.416 e. The van der Waals surface area contributed by atoms with E-state index in [1.807, 2.05) is 84.5 Å². The number of pyridine rings is 14. The molecule has 27 nitrogen and oxygen atoms in total. The average Bonchev–Trinajstić information content (AvgIpc) is 1.60. The Kier molecular flexibility index (Phi) is 27.3. The third-order valence-corrected chi connectivity index (χ3v) is 22.2.